The average Bonchev–Trinajstić information content (AvgIpc) is 2.47. The third-order valence-electron chi connectivity index (χ3n) is 2.97. The van der Waals surface area contributed by atoms with Crippen LogP contribution in [0.3, 0.4) is 0 Å². The molecule has 0 aromatic rings. The van der Waals surface area contributed by atoms with Crippen LogP contribution in [-0.2, 0) is 4.79 Å². The van der Waals surface area contributed by atoms with Crippen molar-refractivity contribution >= 4 is 17.7 Å². The summed E-state index contributed by atoms with van der Waals surface area (Å²) in [5, 5.41) is 4.56. The topological polar surface area (TPSA) is 55.1 Å². The van der Waals surface area contributed by atoms with E-state index in [4.69, 9.17) is 5.73 Å². The molecular formula is C12H24N2OS. The van der Waals surface area contributed by atoms with Crippen LogP contribution in [-0.4, -0.2) is 28.0 Å². The second-order valence-corrected chi connectivity index (χ2v) is 7.18. The number of nitrogens with one attached hydrogen (secondary N) is 1. The van der Waals surface area contributed by atoms with Gasteiger partial charge < -0.3 is 11.1 Å². The fourth-order valence-corrected chi connectivity index (χ4v) is 3.88. The first-order valence-electron chi connectivity index (χ1n) is 6.09. The number of carbonyl (C=O) groups is 1. The molecule has 0 bridgehead atoms. The van der Waals surface area contributed by atoms with Crippen molar-refractivity contribution in [2.45, 2.75) is 69.0 Å². The molecule has 1 aliphatic carbocycles. The summed E-state index contributed by atoms with van der Waals surface area (Å²) in [5.74, 6) is -0.187. The Bertz CT molecular complexity index is 255. The van der Waals surface area contributed by atoms with Gasteiger partial charge in [-0.3, -0.25) is 4.79 Å². The van der Waals surface area contributed by atoms with Crippen LogP contribution < -0.4 is 11.1 Å². The molecule has 4 heteroatoms. The summed E-state index contributed by atoms with van der Waals surface area (Å²) >= 11 is 1.96. The normalized spacial score (nSPS) is 30.2. The zero-order chi connectivity index (χ0) is 12.3. The minimum Gasteiger partial charge on any atom is -0.368 e. The van der Waals surface area contributed by atoms with E-state index in [9.17, 15) is 4.79 Å². The minimum absolute atomic E-state index is 0.187. The van der Waals surface area contributed by atoms with Crippen molar-refractivity contribution < 1.29 is 4.79 Å². The predicted molar refractivity (Wildman–Crippen MR) is 70.6 cm³/mol. The third kappa shape index (κ3) is 3.39. The molecule has 0 radical (unpaired) electrons. The van der Waals surface area contributed by atoms with Gasteiger partial charge in [0.25, 0.3) is 0 Å². The van der Waals surface area contributed by atoms with E-state index in [2.05, 4.69) is 33.0 Å². The summed E-state index contributed by atoms with van der Waals surface area (Å²) in [6.07, 6.45) is 2.85. The van der Waals surface area contributed by atoms with Gasteiger partial charge in [-0.25, -0.2) is 0 Å². The van der Waals surface area contributed by atoms with E-state index in [1.54, 1.807) is 0 Å². The first-order chi connectivity index (χ1) is 7.35. The molecule has 1 rings (SSSR count). The lowest BCUT2D eigenvalue weighted by molar-refractivity contribution is -0.124. The molecule has 2 unspecified atom stereocenters. The Labute approximate surface area is 103 Å². The molecule has 0 aromatic carbocycles. The van der Waals surface area contributed by atoms with Gasteiger partial charge in [0.2, 0.25) is 5.91 Å². The van der Waals surface area contributed by atoms with Crippen molar-refractivity contribution in [3.63, 3.8) is 0 Å². The molecule has 0 aromatic heterocycles. The Morgan fingerprint density at radius 2 is 2.06 bits per heavy atom. The summed E-state index contributed by atoms with van der Waals surface area (Å²) in [5.41, 5.74) is 5.11. The zero-order valence-electron chi connectivity index (χ0n) is 10.7. The highest BCUT2D eigenvalue weighted by atomic mass is 32.2. The highest BCUT2D eigenvalue weighted by molar-refractivity contribution is 8.00. The maximum atomic E-state index is 11.6. The Kier molecular flexibility index (Phi) is 4.68. The maximum absolute atomic E-state index is 11.6. The van der Waals surface area contributed by atoms with Gasteiger partial charge in [-0.05, 0) is 38.4 Å². The Balaban J connectivity index is 2.65. The molecule has 0 heterocycles. The lowest BCUT2D eigenvalue weighted by Gasteiger charge is -2.29. The smallest absolute Gasteiger partial charge is 0.237 e. The molecule has 1 saturated carbocycles. The number of primary amides is 1. The second kappa shape index (κ2) is 5.41. The molecule has 1 aliphatic rings. The highest BCUT2D eigenvalue weighted by Crippen LogP contribution is 2.38. The van der Waals surface area contributed by atoms with Crippen molar-refractivity contribution in [2.75, 3.05) is 0 Å². The van der Waals surface area contributed by atoms with E-state index in [1.165, 1.54) is 0 Å². The van der Waals surface area contributed by atoms with Crippen molar-refractivity contribution in [1.29, 1.82) is 0 Å². The minimum atomic E-state index is -0.458. The molecule has 0 saturated heterocycles. The van der Waals surface area contributed by atoms with E-state index in [0.29, 0.717) is 16.5 Å². The van der Waals surface area contributed by atoms with Gasteiger partial charge in [0.1, 0.15) is 0 Å². The maximum Gasteiger partial charge on any atom is 0.237 e. The number of rotatable bonds is 5. The lowest BCUT2D eigenvalue weighted by Crippen LogP contribution is -2.56. The fraction of sp³-hybridized carbons (Fsp3) is 0.917. The molecule has 3 N–H and O–H groups in total. The van der Waals surface area contributed by atoms with Crippen molar-refractivity contribution in [3.8, 4) is 0 Å². The van der Waals surface area contributed by atoms with Gasteiger partial charge in [-0.2, -0.15) is 11.8 Å². The van der Waals surface area contributed by atoms with Crippen LogP contribution in [0.1, 0.15) is 47.0 Å². The van der Waals surface area contributed by atoms with E-state index in [1.807, 2.05) is 11.8 Å². The first-order valence-corrected chi connectivity index (χ1v) is 7.03. The van der Waals surface area contributed by atoms with Crippen LogP contribution in [0.5, 0.6) is 0 Å². The third-order valence-corrected chi connectivity index (χ3v) is 4.30. The second-order valence-electron chi connectivity index (χ2n) is 5.30. The molecule has 0 aliphatic heterocycles. The van der Waals surface area contributed by atoms with Crippen LogP contribution >= 0.6 is 11.8 Å². The van der Waals surface area contributed by atoms with Gasteiger partial charge in [-0.1, -0.05) is 13.8 Å². The van der Waals surface area contributed by atoms with Crippen LogP contribution in [0.25, 0.3) is 0 Å². The number of hydrogen-bond acceptors (Lipinski definition) is 3. The number of nitrogens with two attached hydrogens (primary N) is 1. The van der Waals surface area contributed by atoms with Gasteiger partial charge in [-0.15, -0.1) is 0 Å². The summed E-state index contributed by atoms with van der Waals surface area (Å²) in [4.78, 5) is 11.6. The molecule has 16 heavy (non-hydrogen) atoms. The van der Waals surface area contributed by atoms with E-state index >= 15 is 0 Å². The lowest BCUT2D eigenvalue weighted by atomic mass is 9.96. The molecule has 1 amide bonds. The average molecular weight is 244 g/mol. The van der Waals surface area contributed by atoms with Crippen LogP contribution in [0.15, 0.2) is 0 Å². The van der Waals surface area contributed by atoms with Gasteiger partial charge in [0.15, 0.2) is 0 Å². The van der Waals surface area contributed by atoms with Crippen molar-refractivity contribution in [1.82, 2.24) is 5.32 Å². The van der Waals surface area contributed by atoms with Gasteiger partial charge in [0.05, 0.1) is 5.54 Å². The summed E-state index contributed by atoms with van der Waals surface area (Å²) in [6, 6.07) is 0.301. The van der Waals surface area contributed by atoms with Crippen molar-refractivity contribution in [2.24, 2.45) is 5.73 Å². The standard InChI is InChI=1S/C12H24N2OS/c1-8(2)14-12(11(13)15)6-5-10(7-12)16-9(3)4/h8-10,14H,5-7H2,1-4H3,(H2,13,15). The number of thioether (sulfide) groups is 1. The number of carbonyl (C=O) groups excluding carboxylic acids is 1. The summed E-state index contributed by atoms with van der Waals surface area (Å²) in [6.45, 7) is 8.52. The van der Waals surface area contributed by atoms with Gasteiger partial charge >= 0.3 is 0 Å². The van der Waals surface area contributed by atoms with Crippen LogP contribution in [0.2, 0.25) is 0 Å². The van der Waals surface area contributed by atoms with Crippen LogP contribution in [0, 0.1) is 0 Å². The van der Waals surface area contributed by atoms with E-state index in [0.717, 1.165) is 19.3 Å². The predicted octanol–water partition coefficient (Wildman–Crippen LogP) is 1.90. The first kappa shape index (κ1) is 13.8. The van der Waals surface area contributed by atoms with E-state index < -0.39 is 5.54 Å². The molecule has 2 atom stereocenters. The molecule has 1 fully saturated rings. The number of amides is 1. The molecule has 94 valence electrons. The summed E-state index contributed by atoms with van der Waals surface area (Å²) in [7, 11) is 0. The largest absolute Gasteiger partial charge is 0.368 e. The monoisotopic (exact) mass is 244 g/mol. The highest BCUT2D eigenvalue weighted by Gasteiger charge is 2.44. The SMILES string of the molecule is CC(C)NC1(C(N)=O)CCC(SC(C)C)C1. The summed E-state index contributed by atoms with van der Waals surface area (Å²) < 4.78 is 0. The zero-order valence-corrected chi connectivity index (χ0v) is 11.6. The molecule has 0 spiro atoms. The Morgan fingerprint density at radius 1 is 1.44 bits per heavy atom. The Hall–Kier alpha value is -0.220. The number of hydrogen-bond donors (Lipinski definition) is 2. The van der Waals surface area contributed by atoms with Gasteiger partial charge in [0, 0.05) is 11.3 Å². The quantitative estimate of drug-likeness (QED) is 0.776. The fourth-order valence-electron chi connectivity index (χ4n) is 2.48. The van der Waals surface area contributed by atoms with E-state index in [-0.39, 0.29) is 5.91 Å². The molecular weight excluding hydrogens is 220 g/mol. The molecule has 3 nitrogen and oxygen atoms in total. The van der Waals surface area contributed by atoms with Crippen LogP contribution in [0.4, 0.5) is 0 Å². The Morgan fingerprint density at radius 3 is 2.50 bits per heavy atom. The van der Waals surface area contributed by atoms with Crippen molar-refractivity contribution in [3.05, 3.63) is 0 Å².